The minimum absolute atomic E-state index is 0.0115. The number of amides is 3. The molecule has 1 fully saturated rings. The number of nitrogens with one attached hydrogen (secondary N) is 3. The van der Waals surface area contributed by atoms with Gasteiger partial charge in [-0.15, -0.1) is 0 Å². The summed E-state index contributed by atoms with van der Waals surface area (Å²) in [5, 5.41) is 3.75. The van der Waals surface area contributed by atoms with E-state index in [1.807, 2.05) is 51.8 Å². The fourth-order valence-electron chi connectivity index (χ4n) is 8.05. The highest BCUT2D eigenvalue weighted by Crippen LogP contribution is 2.45. The molecule has 2 aliphatic heterocycles. The molecular formula is C43H55N9O5. The Bertz CT molecular complexity index is 2250. The molecule has 5 N–H and O–H groups in total. The maximum absolute atomic E-state index is 13.6. The van der Waals surface area contributed by atoms with E-state index in [-0.39, 0.29) is 35.9 Å². The van der Waals surface area contributed by atoms with Crippen molar-refractivity contribution < 1.29 is 23.9 Å². The second kappa shape index (κ2) is 16.5. The molecule has 4 atom stereocenters. The van der Waals surface area contributed by atoms with Crippen LogP contribution in [0.15, 0.2) is 54.9 Å². The summed E-state index contributed by atoms with van der Waals surface area (Å²) in [6, 6.07) is 13.4. The summed E-state index contributed by atoms with van der Waals surface area (Å²) < 4.78 is 13.7. The maximum Gasteiger partial charge on any atom is 0.407 e. The maximum atomic E-state index is 13.6. The molecule has 2 aromatic carbocycles. The number of carbonyl (C=O) groups excluding carboxylic acids is 3. The fraction of sp³-hybridized carbons (Fsp3) is 0.465. The number of hydrogen-bond acceptors (Lipinski definition) is 8. The Balaban J connectivity index is 1.12. The van der Waals surface area contributed by atoms with E-state index in [0.717, 1.165) is 81.9 Å². The molecule has 3 amide bonds. The van der Waals surface area contributed by atoms with Crippen LogP contribution in [-0.2, 0) is 20.9 Å². The van der Waals surface area contributed by atoms with Crippen molar-refractivity contribution in [2.75, 3.05) is 20.2 Å². The van der Waals surface area contributed by atoms with Crippen molar-refractivity contribution in [2.24, 2.45) is 17.6 Å². The summed E-state index contributed by atoms with van der Waals surface area (Å²) in [5.74, 6) is 1.99. The van der Waals surface area contributed by atoms with Gasteiger partial charge in [0.25, 0.3) is 0 Å². The van der Waals surface area contributed by atoms with Crippen molar-refractivity contribution in [1.29, 1.82) is 0 Å². The van der Waals surface area contributed by atoms with Gasteiger partial charge in [0.15, 0.2) is 6.23 Å². The van der Waals surface area contributed by atoms with Gasteiger partial charge in [-0.25, -0.2) is 14.8 Å². The lowest BCUT2D eigenvalue weighted by Gasteiger charge is -2.29. The van der Waals surface area contributed by atoms with E-state index in [1.165, 1.54) is 7.11 Å². The summed E-state index contributed by atoms with van der Waals surface area (Å²) in [6.45, 7) is 13.4. The third-order valence-electron chi connectivity index (χ3n) is 11.2. The second-order valence-electron chi connectivity index (χ2n) is 15.9. The predicted octanol–water partition coefficient (Wildman–Crippen LogP) is 7.16. The lowest BCUT2D eigenvalue weighted by atomic mass is 10.0. The van der Waals surface area contributed by atoms with Crippen LogP contribution in [0.2, 0.25) is 0 Å². The number of likely N-dealkylation sites (tertiary alicyclic amines) is 1. The van der Waals surface area contributed by atoms with Crippen LogP contribution in [0.1, 0.15) is 90.9 Å². The highest BCUT2D eigenvalue weighted by Gasteiger charge is 2.35. The second-order valence-corrected chi connectivity index (χ2v) is 15.9. The fourth-order valence-corrected chi connectivity index (χ4v) is 8.05. The highest BCUT2D eigenvalue weighted by atomic mass is 16.5. The first-order chi connectivity index (χ1) is 27.4. The Labute approximate surface area is 333 Å². The third-order valence-corrected chi connectivity index (χ3v) is 11.2. The summed E-state index contributed by atoms with van der Waals surface area (Å²) in [4.78, 5) is 58.8. The number of alkyl carbamates (subject to hydrolysis) is 1. The lowest BCUT2D eigenvalue weighted by molar-refractivity contribution is -0.135. The van der Waals surface area contributed by atoms with Crippen LogP contribution < -0.4 is 15.8 Å². The van der Waals surface area contributed by atoms with Gasteiger partial charge >= 0.3 is 6.09 Å². The number of benzene rings is 2. The lowest BCUT2D eigenvalue weighted by Crippen LogP contribution is -2.51. The van der Waals surface area contributed by atoms with Crippen LogP contribution in [0, 0.1) is 11.8 Å². The standard InChI is InChI=1S/C43H55N9O5/c1-8-16-50(42(54)38(25(5)6)49-43(55)56-7)23-29-21-45-39(47-29)26-13-15-32-28(18-26)19-34-30-14-12-27(20-35(30)57-36(9-2)52(32)34)40-46-22-31(48-40)33-11-10-17-51(33)41(53)37(44)24(3)4/h12-15,18-22,24-25,33,36-38H,8-11,16-17,23,44H2,1-7H3,(H,45,47)(H,46,48)(H,49,55). The molecule has 4 unspecified atom stereocenters. The van der Waals surface area contributed by atoms with Crippen LogP contribution in [0.3, 0.4) is 0 Å². The molecule has 0 saturated carbocycles. The van der Waals surface area contributed by atoms with E-state index in [9.17, 15) is 14.4 Å². The number of aromatic nitrogens is 5. The molecule has 5 heterocycles. The third kappa shape index (κ3) is 7.74. The van der Waals surface area contributed by atoms with Crippen LogP contribution in [0.5, 0.6) is 5.75 Å². The summed E-state index contributed by atoms with van der Waals surface area (Å²) in [7, 11) is 1.29. The van der Waals surface area contributed by atoms with Crippen molar-refractivity contribution >= 4 is 28.8 Å². The Kier molecular flexibility index (Phi) is 11.4. The Morgan fingerprint density at radius 2 is 1.74 bits per heavy atom. The van der Waals surface area contributed by atoms with Crippen molar-refractivity contribution in [2.45, 2.75) is 98.1 Å². The molecule has 1 saturated heterocycles. The Morgan fingerprint density at radius 1 is 1.00 bits per heavy atom. The van der Waals surface area contributed by atoms with Gasteiger partial charge in [0.2, 0.25) is 11.8 Å². The van der Waals surface area contributed by atoms with Gasteiger partial charge in [-0.1, -0.05) is 47.6 Å². The number of imidazole rings is 2. The number of hydrogen-bond donors (Lipinski definition) is 4. The van der Waals surface area contributed by atoms with Gasteiger partial charge in [0.1, 0.15) is 23.4 Å². The molecule has 14 heteroatoms. The Morgan fingerprint density at radius 3 is 2.46 bits per heavy atom. The molecule has 0 bridgehead atoms. The number of nitrogens with two attached hydrogens (primary N) is 1. The minimum Gasteiger partial charge on any atom is -0.469 e. The van der Waals surface area contributed by atoms with Gasteiger partial charge in [-0.2, -0.15) is 0 Å². The number of aromatic amines is 2. The zero-order valence-corrected chi connectivity index (χ0v) is 34.0. The van der Waals surface area contributed by atoms with Gasteiger partial charge < -0.3 is 44.9 Å². The molecule has 3 aromatic heterocycles. The van der Waals surface area contributed by atoms with Gasteiger partial charge in [-0.3, -0.25) is 9.59 Å². The van der Waals surface area contributed by atoms with Gasteiger partial charge in [0.05, 0.1) is 60.7 Å². The molecule has 7 rings (SSSR count). The van der Waals surface area contributed by atoms with E-state index < -0.39 is 18.2 Å². The molecule has 57 heavy (non-hydrogen) atoms. The van der Waals surface area contributed by atoms with E-state index in [2.05, 4.69) is 63.2 Å². The molecule has 5 aromatic rings. The average molecular weight is 778 g/mol. The quantitative estimate of drug-likeness (QED) is 0.0974. The normalized spacial score (nSPS) is 17.3. The molecule has 14 nitrogen and oxygen atoms in total. The molecule has 0 spiro atoms. The topological polar surface area (TPSA) is 176 Å². The van der Waals surface area contributed by atoms with Crippen LogP contribution >= 0.6 is 0 Å². The predicted molar refractivity (Wildman–Crippen MR) is 219 cm³/mol. The number of carbonyl (C=O) groups is 3. The monoisotopic (exact) mass is 777 g/mol. The number of rotatable bonds is 13. The summed E-state index contributed by atoms with van der Waals surface area (Å²) >= 11 is 0. The number of ether oxygens (including phenoxy) is 2. The summed E-state index contributed by atoms with van der Waals surface area (Å²) in [5.41, 5.74) is 12.9. The summed E-state index contributed by atoms with van der Waals surface area (Å²) in [6.07, 6.45) is 6.09. The zero-order chi connectivity index (χ0) is 40.5. The largest absolute Gasteiger partial charge is 0.469 e. The van der Waals surface area contributed by atoms with E-state index >= 15 is 0 Å². The molecule has 2 aliphatic rings. The number of nitrogens with zero attached hydrogens (tertiary/aromatic N) is 5. The first kappa shape index (κ1) is 39.6. The molecule has 0 aliphatic carbocycles. The molecular weight excluding hydrogens is 723 g/mol. The van der Waals surface area contributed by atoms with E-state index in [4.69, 9.17) is 25.2 Å². The smallest absolute Gasteiger partial charge is 0.407 e. The van der Waals surface area contributed by atoms with E-state index in [0.29, 0.717) is 25.5 Å². The van der Waals surface area contributed by atoms with E-state index in [1.54, 1.807) is 11.1 Å². The van der Waals surface area contributed by atoms with Crippen LogP contribution in [0.25, 0.3) is 44.9 Å². The SMILES string of the molecule is CCCN(Cc1cnc(-c2ccc3c(c2)cc2n3C(CC)Oc3cc(-c4ncc(C5CCCN5C(=O)C(N)C(C)C)[nH]4)ccc3-2)[nH]1)C(=O)C(NC(=O)OC)C(C)C. The number of fused-ring (bicyclic) bond motifs is 5. The van der Waals surface area contributed by atoms with Gasteiger partial charge in [0, 0.05) is 41.6 Å². The first-order valence-electron chi connectivity index (χ1n) is 20.2. The number of methoxy groups -OCH3 is 1. The van der Waals surface area contributed by atoms with Crippen LogP contribution in [0.4, 0.5) is 4.79 Å². The van der Waals surface area contributed by atoms with Gasteiger partial charge in [-0.05, 0) is 67.5 Å². The molecule has 0 radical (unpaired) electrons. The average Bonchev–Trinajstić information content (AvgIpc) is 4.04. The Hall–Kier alpha value is -5.63. The van der Waals surface area contributed by atoms with Crippen molar-refractivity contribution in [3.05, 3.63) is 66.2 Å². The molecule has 302 valence electrons. The first-order valence-corrected chi connectivity index (χ1v) is 20.2. The van der Waals surface area contributed by atoms with Crippen molar-refractivity contribution in [3.63, 3.8) is 0 Å². The zero-order valence-electron chi connectivity index (χ0n) is 34.0. The highest BCUT2D eigenvalue weighted by molar-refractivity contribution is 5.92. The van der Waals surface area contributed by atoms with Crippen molar-refractivity contribution in [3.8, 4) is 39.8 Å². The van der Waals surface area contributed by atoms with Crippen molar-refractivity contribution in [1.82, 2.24) is 39.6 Å². The van der Waals surface area contributed by atoms with Crippen LogP contribution in [-0.4, -0.2) is 84.5 Å². The minimum atomic E-state index is -0.707. The number of H-pyrrole nitrogens is 2.